The van der Waals surface area contributed by atoms with E-state index in [1.165, 1.54) is 6.26 Å². The lowest BCUT2D eigenvalue weighted by Gasteiger charge is -2.33. The summed E-state index contributed by atoms with van der Waals surface area (Å²) in [6.07, 6.45) is 4.60. The standard InChI is InChI=1S/C15H25N3O4S/c1-11(2)14-10-13(17-22-14)15(19)16-8-7-12-6-4-5-9-18(12)23(3,20)21/h10-12H,4-9H2,1-3H3,(H,16,19). The molecule has 0 aliphatic carbocycles. The Bertz CT molecular complexity index is 639. The molecule has 0 radical (unpaired) electrons. The average molecular weight is 343 g/mol. The molecule has 1 N–H and O–H groups in total. The summed E-state index contributed by atoms with van der Waals surface area (Å²) in [5, 5.41) is 6.55. The first-order valence-corrected chi connectivity index (χ1v) is 9.85. The highest BCUT2D eigenvalue weighted by molar-refractivity contribution is 7.88. The van der Waals surface area contributed by atoms with Crippen molar-refractivity contribution < 1.29 is 17.7 Å². The van der Waals surface area contributed by atoms with Gasteiger partial charge in [-0.3, -0.25) is 4.79 Å². The molecular formula is C15H25N3O4S. The van der Waals surface area contributed by atoms with Gasteiger partial charge in [0, 0.05) is 31.1 Å². The molecule has 0 aromatic carbocycles. The van der Waals surface area contributed by atoms with E-state index in [0.717, 1.165) is 19.3 Å². The lowest BCUT2D eigenvalue weighted by atomic mass is 10.0. The number of piperidine rings is 1. The van der Waals surface area contributed by atoms with Crippen molar-refractivity contribution in [2.24, 2.45) is 0 Å². The molecule has 1 amide bonds. The molecule has 0 spiro atoms. The second-order valence-electron chi connectivity index (χ2n) is 6.34. The predicted molar refractivity (Wildman–Crippen MR) is 86.7 cm³/mol. The van der Waals surface area contributed by atoms with Crippen molar-refractivity contribution in [1.82, 2.24) is 14.8 Å². The summed E-state index contributed by atoms with van der Waals surface area (Å²) in [5.74, 6) is 0.558. The van der Waals surface area contributed by atoms with Crippen LogP contribution in [0.5, 0.6) is 0 Å². The van der Waals surface area contributed by atoms with Crippen LogP contribution in [-0.2, 0) is 10.0 Å². The predicted octanol–water partition coefficient (Wildman–Crippen LogP) is 1.73. The molecule has 0 saturated carbocycles. The van der Waals surface area contributed by atoms with Gasteiger partial charge in [0.05, 0.1) is 6.26 Å². The van der Waals surface area contributed by atoms with E-state index in [-0.39, 0.29) is 23.6 Å². The summed E-state index contributed by atoms with van der Waals surface area (Å²) in [4.78, 5) is 12.0. The molecule has 1 atom stereocenters. The largest absolute Gasteiger partial charge is 0.360 e. The Morgan fingerprint density at radius 3 is 2.83 bits per heavy atom. The number of carbonyl (C=O) groups excluding carboxylic acids is 1. The molecule has 130 valence electrons. The molecule has 7 nitrogen and oxygen atoms in total. The van der Waals surface area contributed by atoms with Crippen LogP contribution in [0.15, 0.2) is 10.6 Å². The van der Waals surface area contributed by atoms with E-state index in [2.05, 4.69) is 10.5 Å². The first-order chi connectivity index (χ1) is 10.8. The zero-order valence-corrected chi connectivity index (χ0v) is 14.7. The summed E-state index contributed by atoms with van der Waals surface area (Å²) in [7, 11) is -3.19. The molecule has 8 heteroatoms. The number of nitrogens with zero attached hydrogens (tertiary/aromatic N) is 2. The van der Waals surface area contributed by atoms with Crippen molar-refractivity contribution in [2.75, 3.05) is 19.3 Å². The third-order valence-electron chi connectivity index (χ3n) is 4.09. The minimum absolute atomic E-state index is 0.0393. The van der Waals surface area contributed by atoms with Gasteiger partial charge in [0.15, 0.2) is 5.69 Å². The van der Waals surface area contributed by atoms with Gasteiger partial charge in [-0.2, -0.15) is 4.31 Å². The van der Waals surface area contributed by atoms with E-state index < -0.39 is 10.0 Å². The van der Waals surface area contributed by atoms with Crippen molar-refractivity contribution in [1.29, 1.82) is 0 Å². The lowest BCUT2D eigenvalue weighted by Crippen LogP contribution is -2.44. The molecule has 23 heavy (non-hydrogen) atoms. The number of hydrogen-bond acceptors (Lipinski definition) is 5. The van der Waals surface area contributed by atoms with Crippen LogP contribution in [0, 0.1) is 0 Å². The van der Waals surface area contributed by atoms with Crippen LogP contribution in [0.25, 0.3) is 0 Å². The highest BCUT2D eigenvalue weighted by Crippen LogP contribution is 2.22. The Labute approximate surface area is 137 Å². The van der Waals surface area contributed by atoms with Crippen molar-refractivity contribution in [3.8, 4) is 0 Å². The average Bonchev–Trinajstić information content (AvgIpc) is 2.96. The number of nitrogens with one attached hydrogen (secondary N) is 1. The van der Waals surface area contributed by atoms with Crippen molar-refractivity contribution in [3.63, 3.8) is 0 Å². The molecule has 2 heterocycles. The van der Waals surface area contributed by atoms with Crippen LogP contribution < -0.4 is 5.32 Å². The zero-order valence-electron chi connectivity index (χ0n) is 13.9. The Balaban J connectivity index is 1.86. The van der Waals surface area contributed by atoms with Crippen LogP contribution in [0.4, 0.5) is 0 Å². The van der Waals surface area contributed by atoms with Gasteiger partial charge >= 0.3 is 0 Å². The van der Waals surface area contributed by atoms with Gasteiger partial charge in [0.1, 0.15) is 5.76 Å². The van der Waals surface area contributed by atoms with Crippen LogP contribution in [0.1, 0.15) is 61.7 Å². The fourth-order valence-electron chi connectivity index (χ4n) is 2.81. The quantitative estimate of drug-likeness (QED) is 0.849. The molecule has 1 aliphatic rings. The van der Waals surface area contributed by atoms with Gasteiger partial charge in [0.2, 0.25) is 10.0 Å². The number of carbonyl (C=O) groups is 1. The number of aromatic nitrogens is 1. The number of rotatable bonds is 6. The topological polar surface area (TPSA) is 92.5 Å². The molecule has 1 unspecified atom stereocenters. The summed E-state index contributed by atoms with van der Waals surface area (Å²) in [5.41, 5.74) is 0.261. The smallest absolute Gasteiger partial charge is 0.273 e. The van der Waals surface area contributed by atoms with E-state index >= 15 is 0 Å². The van der Waals surface area contributed by atoms with Crippen LogP contribution >= 0.6 is 0 Å². The summed E-state index contributed by atoms with van der Waals surface area (Å²) in [6.45, 7) is 4.91. The lowest BCUT2D eigenvalue weighted by molar-refractivity contribution is 0.0940. The molecule has 1 aromatic rings. The van der Waals surface area contributed by atoms with Gasteiger partial charge in [-0.1, -0.05) is 25.4 Å². The van der Waals surface area contributed by atoms with Crippen molar-refractivity contribution in [2.45, 2.75) is 51.5 Å². The molecule has 1 fully saturated rings. The first-order valence-electron chi connectivity index (χ1n) is 8.00. The van der Waals surface area contributed by atoms with Crippen molar-refractivity contribution in [3.05, 3.63) is 17.5 Å². The third kappa shape index (κ3) is 4.78. The summed E-state index contributed by atoms with van der Waals surface area (Å²) < 4.78 is 30.3. The minimum atomic E-state index is -3.19. The van der Waals surface area contributed by atoms with Gasteiger partial charge in [-0.05, 0) is 19.3 Å². The third-order valence-corrected chi connectivity index (χ3v) is 5.42. The molecular weight excluding hydrogens is 318 g/mol. The summed E-state index contributed by atoms with van der Waals surface area (Å²) in [6, 6.07) is 1.60. The SMILES string of the molecule is CC(C)c1cc(C(=O)NCCC2CCCCN2S(C)(=O)=O)no1. The Morgan fingerprint density at radius 2 is 2.22 bits per heavy atom. The van der Waals surface area contributed by atoms with E-state index in [1.54, 1.807) is 10.4 Å². The number of sulfonamides is 1. The van der Waals surface area contributed by atoms with E-state index in [0.29, 0.717) is 25.3 Å². The molecule has 0 bridgehead atoms. The van der Waals surface area contributed by atoms with Crippen LogP contribution in [-0.4, -0.2) is 49.2 Å². The highest BCUT2D eigenvalue weighted by atomic mass is 32.2. The summed E-state index contributed by atoms with van der Waals surface area (Å²) >= 11 is 0. The fourth-order valence-corrected chi connectivity index (χ4v) is 4.02. The first kappa shape index (κ1) is 17.9. The Kier molecular flexibility index (Phi) is 5.80. The van der Waals surface area contributed by atoms with Crippen molar-refractivity contribution >= 4 is 15.9 Å². The van der Waals surface area contributed by atoms with Gasteiger partial charge < -0.3 is 9.84 Å². The number of hydrogen-bond donors (Lipinski definition) is 1. The van der Waals surface area contributed by atoms with E-state index in [1.807, 2.05) is 13.8 Å². The highest BCUT2D eigenvalue weighted by Gasteiger charge is 2.29. The van der Waals surface area contributed by atoms with Gasteiger partial charge in [-0.25, -0.2) is 8.42 Å². The minimum Gasteiger partial charge on any atom is -0.360 e. The Hall–Kier alpha value is -1.41. The Morgan fingerprint density at radius 1 is 1.48 bits per heavy atom. The number of amides is 1. The maximum absolute atomic E-state index is 12.0. The molecule has 2 rings (SSSR count). The van der Waals surface area contributed by atoms with E-state index in [9.17, 15) is 13.2 Å². The zero-order chi connectivity index (χ0) is 17.0. The molecule has 1 aromatic heterocycles. The second kappa shape index (κ2) is 7.44. The second-order valence-corrected chi connectivity index (χ2v) is 8.27. The molecule has 1 aliphatic heterocycles. The van der Waals surface area contributed by atoms with Gasteiger partial charge in [-0.15, -0.1) is 0 Å². The van der Waals surface area contributed by atoms with E-state index in [4.69, 9.17) is 4.52 Å². The van der Waals surface area contributed by atoms with Crippen LogP contribution in [0.2, 0.25) is 0 Å². The van der Waals surface area contributed by atoms with Crippen LogP contribution in [0.3, 0.4) is 0 Å². The monoisotopic (exact) mass is 343 g/mol. The molecule has 1 saturated heterocycles. The maximum Gasteiger partial charge on any atom is 0.273 e. The normalized spacial score (nSPS) is 19.9. The van der Waals surface area contributed by atoms with Gasteiger partial charge in [0.25, 0.3) is 5.91 Å². The maximum atomic E-state index is 12.0. The fraction of sp³-hybridized carbons (Fsp3) is 0.733.